The molecule has 1 atom stereocenters. The van der Waals surface area contributed by atoms with E-state index in [1.165, 1.54) is 0 Å². The normalized spacial score (nSPS) is 16.9. The monoisotopic (exact) mass is 391 g/mol. The van der Waals surface area contributed by atoms with Crippen LogP contribution in [0.4, 0.5) is 13.2 Å². The summed E-state index contributed by atoms with van der Waals surface area (Å²) >= 11 is 0. The minimum atomic E-state index is -4.39. The van der Waals surface area contributed by atoms with Crippen LogP contribution in [0.5, 0.6) is 0 Å². The molecule has 0 amide bonds. The molecule has 0 bridgehead atoms. The van der Waals surface area contributed by atoms with E-state index in [4.69, 9.17) is 0 Å². The number of nitrogens with one attached hydrogen (secondary N) is 1. The van der Waals surface area contributed by atoms with Gasteiger partial charge in [0.1, 0.15) is 5.82 Å². The van der Waals surface area contributed by atoms with Gasteiger partial charge in [-0.3, -0.25) is 4.98 Å². The van der Waals surface area contributed by atoms with E-state index < -0.39 is 11.9 Å². The van der Waals surface area contributed by atoms with Crippen LogP contribution < -0.4 is 5.32 Å². The summed E-state index contributed by atoms with van der Waals surface area (Å²) in [5.41, 5.74) is 1.06. The maximum atomic E-state index is 12.8. The molecule has 0 saturated carbocycles. The van der Waals surface area contributed by atoms with Gasteiger partial charge in [-0.05, 0) is 24.0 Å². The topological polar surface area (TPSA) is 73.5 Å². The van der Waals surface area contributed by atoms with Crippen LogP contribution in [-0.2, 0) is 32.2 Å². The van der Waals surface area contributed by atoms with Gasteiger partial charge >= 0.3 is 6.18 Å². The van der Waals surface area contributed by atoms with E-state index in [0.717, 1.165) is 23.9 Å². The van der Waals surface area contributed by atoms with Crippen LogP contribution in [0.2, 0.25) is 0 Å². The lowest BCUT2D eigenvalue weighted by Crippen LogP contribution is -2.29. The molecule has 148 valence electrons. The minimum absolute atomic E-state index is 0.258. The highest BCUT2D eigenvalue weighted by Crippen LogP contribution is 2.30. The maximum Gasteiger partial charge on any atom is 0.434 e. The van der Waals surface area contributed by atoms with E-state index in [2.05, 4.69) is 25.6 Å². The first-order valence-electron chi connectivity index (χ1n) is 9.09. The standard InChI is InChI=1S/C18H20F3N7/c19-18(20,21)16-12-27-9-14(3-4-17(27)24-16)7-23-8-15-11-28(26-25-15)10-13-2-1-5-22-6-13/h1-2,5-6,11-12,14,23H,3-4,7-10H2/t14-/m0/s1. The molecule has 28 heavy (non-hydrogen) atoms. The molecule has 1 aliphatic rings. The van der Waals surface area contributed by atoms with Gasteiger partial charge in [0.2, 0.25) is 0 Å². The van der Waals surface area contributed by atoms with Crippen LogP contribution in [0.3, 0.4) is 0 Å². The zero-order valence-corrected chi connectivity index (χ0v) is 15.1. The Morgan fingerprint density at radius 2 is 2.14 bits per heavy atom. The van der Waals surface area contributed by atoms with Crippen LogP contribution in [-0.4, -0.2) is 36.1 Å². The second-order valence-corrected chi connectivity index (χ2v) is 7.00. The maximum absolute atomic E-state index is 12.8. The van der Waals surface area contributed by atoms with Gasteiger partial charge in [0, 0.05) is 44.6 Å². The predicted molar refractivity (Wildman–Crippen MR) is 94.1 cm³/mol. The van der Waals surface area contributed by atoms with E-state index in [1.807, 2.05) is 18.3 Å². The largest absolute Gasteiger partial charge is 0.434 e. The third kappa shape index (κ3) is 4.38. The molecule has 3 aromatic heterocycles. The van der Waals surface area contributed by atoms with E-state index in [1.54, 1.807) is 21.6 Å². The van der Waals surface area contributed by atoms with Gasteiger partial charge in [0.25, 0.3) is 0 Å². The molecule has 0 saturated heterocycles. The van der Waals surface area contributed by atoms with E-state index in [-0.39, 0.29) is 5.92 Å². The Bertz CT molecular complexity index is 917. The number of rotatable bonds is 6. The molecular formula is C18H20F3N7. The van der Waals surface area contributed by atoms with Crippen molar-refractivity contribution in [3.63, 3.8) is 0 Å². The summed E-state index contributed by atoms with van der Waals surface area (Å²) in [5.74, 6) is 0.773. The highest BCUT2D eigenvalue weighted by atomic mass is 19.4. The Morgan fingerprint density at radius 1 is 1.25 bits per heavy atom. The first kappa shape index (κ1) is 18.6. The average Bonchev–Trinajstić information content (AvgIpc) is 3.29. The number of alkyl halides is 3. The van der Waals surface area contributed by atoms with Crippen molar-refractivity contribution < 1.29 is 13.2 Å². The number of hydrogen-bond donors (Lipinski definition) is 1. The average molecular weight is 391 g/mol. The molecule has 4 heterocycles. The summed E-state index contributed by atoms with van der Waals surface area (Å²) < 4.78 is 41.8. The number of imidazole rings is 1. The number of halogens is 3. The molecule has 0 fully saturated rings. The quantitative estimate of drug-likeness (QED) is 0.698. The fourth-order valence-corrected chi connectivity index (χ4v) is 3.40. The lowest BCUT2D eigenvalue weighted by atomic mass is 9.99. The van der Waals surface area contributed by atoms with E-state index in [9.17, 15) is 13.2 Å². The van der Waals surface area contributed by atoms with Gasteiger partial charge < -0.3 is 9.88 Å². The minimum Gasteiger partial charge on any atom is -0.334 e. The molecule has 0 aromatic carbocycles. The zero-order valence-electron chi connectivity index (χ0n) is 15.1. The van der Waals surface area contributed by atoms with Crippen molar-refractivity contribution >= 4 is 0 Å². The van der Waals surface area contributed by atoms with E-state index >= 15 is 0 Å². The summed E-state index contributed by atoms with van der Waals surface area (Å²) in [4.78, 5) is 7.79. The third-order valence-electron chi connectivity index (χ3n) is 4.77. The summed E-state index contributed by atoms with van der Waals surface area (Å²) in [5, 5.41) is 11.6. The Morgan fingerprint density at radius 3 is 2.93 bits per heavy atom. The van der Waals surface area contributed by atoms with Crippen LogP contribution >= 0.6 is 0 Å². The number of pyridine rings is 1. The van der Waals surface area contributed by atoms with Crippen LogP contribution in [0.25, 0.3) is 0 Å². The predicted octanol–water partition coefficient (Wildman–Crippen LogP) is 2.29. The van der Waals surface area contributed by atoms with Crippen molar-refractivity contribution in [1.29, 1.82) is 0 Å². The van der Waals surface area contributed by atoms with Gasteiger partial charge in [-0.15, -0.1) is 5.10 Å². The molecule has 3 aromatic rings. The van der Waals surface area contributed by atoms with Gasteiger partial charge in [-0.25, -0.2) is 9.67 Å². The Labute approximate surface area is 159 Å². The smallest absolute Gasteiger partial charge is 0.334 e. The molecule has 0 radical (unpaired) electrons. The Balaban J connectivity index is 1.26. The van der Waals surface area contributed by atoms with Crippen molar-refractivity contribution in [3.05, 3.63) is 59.7 Å². The summed E-state index contributed by atoms with van der Waals surface area (Å²) in [7, 11) is 0. The first-order valence-corrected chi connectivity index (χ1v) is 9.09. The van der Waals surface area contributed by atoms with Crippen LogP contribution in [0.15, 0.2) is 36.9 Å². The second-order valence-electron chi connectivity index (χ2n) is 7.00. The van der Waals surface area contributed by atoms with Crippen molar-refractivity contribution in [3.8, 4) is 0 Å². The molecular weight excluding hydrogens is 371 g/mol. The number of hydrogen-bond acceptors (Lipinski definition) is 5. The molecule has 0 spiro atoms. The number of aryl methyl sites for hydroxylation is 1. The zero-order chi connectivity index (χ0) is 19.6. The molecule has 1 N–H and O–H groups in total. The summed E-state index contributed by atoms with van der Waals surface area (Å²) in [6, 6.07) is 3.85. The highest BCUT2D eigenvalue weighted by molar-refractivity contribution is 5.10. The molecule has 4 rings (SSSR count). The second kappa shape index (κ2) is 7.70. The van der Waals surface area contributed by atoms with Gasteiger partial charge in [0.15, 0.2) is 5.69 Å². The van der Waals surface area contributed by atoms with Crippen molar-refractivity contribution in [2.45, 2.75) is 38.7 Å². The lowest BCUT2D eigenvalue weighted by molar-refractivity contribution is -0.141. The van der Waals surface area contributed by atoms with Gasteiger partial charge in [0.05, 0.1) is 18.4 Å². The highest BCUT2D eigenvalue weighted by Gasteiger charge is 2.35. The fourth-order valence-electron chi connectivity index (χ4n) is 3.40. The third-order valence-corrected chi connectivity index (χ3v) is 4.77. The molecule has 0 unspecified atom stereocenters. The molecule has 10 heteroatoms. The Kier molecular flexibility index (Phi) is 5.12. The SMILES string of the molecule is FC(F)(F)c1cn2c(n1)CC[C@@H](CNCc1cn(Cc3cccnc3)nn1)C2. The molecule has 7 nitrogen and oxygen atoms in total. The number of nitrogens with zero attached hydrogens (tertiary/aromatic N) is 6. The van der Waals surface area contributed by atoms with Crippen molar-refractivity contribution in [1.82, 2.24) is 34.8 Å². The molecule has 1 aliphatic heterocycles. The molecule has 0 aliphatic carbocycles. The van der Waals surface area contributed by atoms with Gasteiger partial charge in [-0.1, -0.05) is 11.3 Å². The summed E-state index contributed by atoms with van der Waals surface area (Å²) in [6.45, 7) is 2.41. The first-order chi connectivity index (χ1) is 13.5. The fraction of sp³-hybridized carbons (Fsp3) is 0.444. The van der Waals surface area contributed by atoms with Crippen LogP contribution in [0.1, 0.15) is 29.2 Å². The lowest BCUT2D eigenvalue weighted by Gasteiger charge is -2.23. The van der Waals surface area contributed by atoms with E-state index in [0.29, 0.717) is 38.4 Å². The number of aromatic nitrogens is 6. The number of fused-ring (bicyclic) bond motifs is 1. The van der Waals surface area contributed by atoms with Crippen molar-refractivity contribution in [2.75, 3.05) is 6.54 Å². The Hall–Kier alpha value is -2.75. The summed E-state index contributed by atoms with van der Waals surface area (Å²) in [6.07, 6.45) is 3.49. The van der Waals surface area contributed by atoms with Crippen molar-refractivity contribution in [2.24, 2.45) is 5.92 Å². The van der Waals surface area contributed by atoms with Crippen LogP contribution in [0, 0.1) is 5.92 Å². The van der Waals surface area contributed by atoms with Gasteiger partial charge in [-0.2, -0.15) is 13.2 Å².